The molecule has 1 aromatic heterocycles. The summed E-state index contributed by atoms with van der Waals surface area (Å²) in [6.45, 7) is 2.12. The van der Waals surface area contributed by atoms with Gasteiger partial charge in [0.25, 0.3) is 0 Å². The minimum atomic E-state index is 0.689. The molecule has 1 fully saturated rings. The van der Waals surface area contributed by atoms with E-state index in [9.17, 15) is 0 Å². The van der Waals surface area contributed by atoms with E-state index in [-0.39, 0.29) is 0 Å². The second kappa shape index (κ2) is 2.26. The van der Waals surface area contributed by atoms with Crippen LogP contribution in [0.2, 0.25) is 0 Å². The maximum atomic E-state index is 5.68. The number of nitrogens with zero attached hydrogens (tertiary/aromatic N) is 1. The van der Waals surface area contributed by atoms with Crippen LogP contribution in [0.3, 0.4) is 0 Å². The highest BCUT2D eigenvalue weighted by Gasteiger charge is 2.28. The van der Waals surface area contributed by atoms with E-state index < -0.39 is 0 Å². The van der Waals surface area contributed by atoms with Gasteiger partial charge in [-0.3, -0.25) is 5.10 Å². The van der Waals surface area contributed by atoms with E-state index in [4.69, 9.17) is 5.73 Å². The predicted octanol–water partition coefficient (Wildman–Crippen LogP) is 1.43. The van der Waals surface area contributed by atoms with Crippen LogP contribution < -0.4 is 5.73 Å². The SMILES string of the molecule is CCc1c(N)n[nH]c1C1CC1. The quantitative estimate of drug-likeness (QED) is 0.671. The lowest BCUT2D eigenvalue weighted by molar-refractivity contribution is 0.946. The average Bonchev–Trinajstić information content (AvgIpc) is 2.76. The number of aromatic amines is 1. The Kier molecular flexibility index (Phi) is 1.37. The number of nitrogens with two attached hydrogens (primary N) is 1. The molecule has 0 bridgehead atoms. The number of nitrogen functional groups attached to an aromatic ring is 1. The fourth-order valence-corrected chi connectivity index (χ4v) is 1.47. The van der Waals surface area contributed by atoms with Crippen molar-refractivity contribution in [3.05, 3.63) is 11.3 Å². The molecule has 3 nitrogen and oxygen atoms in total. The number of H-pyrrole nitrogens is 1. The van der Waals surface area contributed by atoms with Crippen molar-refractivity contribution < 1.29 is 0 Å². The van der Waals surface area contributed by atoms with Gasteiger partial charge in [-0.05, 0) is 19.3 Å². The van der Waals surface area contributed by atoms with Gasteiger partial charge in [-0.15, -0.1) is 0 Å². The highest BCUT2D eigenvalue weighted by atomic mass is 15.2. The summed E-state index contributed by atoms with van der Waals surface area (Å²) in [4.78, 5) is 0. The van der Waals surface area contributed by atoms with Crippen LogP contribution in [0.5, 0.6) is 0 Å². The van der Waals surface area contributed by atoms with Crippen LogP contribution in [0, 0.1) is 0 Å². The smallest absolute Gasteiger partial charge is 0.148 e. The Bertz CT molecular complexity index is 260. The van der Waals surface area contributed by atoms with Gasteiger partial charge < -0.3 is 5.73 Å². The molecule has 1 saturated carbocycles. The standard InChI is InChI=1S/C8H13N3/c1-2-6-7(5-3-4-5)10-11-8(6)9/h5H,2-4H2,1H3,(H3,9,10,11). The maximum Gasteiger partial charge on any atom is 0.148 e. The lowest BCUT2D eigenvalue weighted by Gasteiger charge is -1.96. The second-order valence-corrected chi connectivity index (χ2v) is 3.13. The Morgan fingerprint density at radius 3 is 2.91 bits per heavy atom. The second-order valence-electron chi connectivity index (χ2n) is 3.13. The van der Waals surface area contributed by atoms with Crippen LogP contribution >= 0.6 is 0 Å². The molecule has 3 N–H and O–H groups in total. The van der Waals surface area contributed by atoms with E-state index in [1.807, 2.05) is 0 Å². The Morgan fingerprint density at radius 1 is 1.64 bits per heavy atom. The Hall–Kier alpha value is -0.990. The zero-order valence-corrected chi connectivity index (χ0v) is 6.72. The van der Waals surface area contributed by atoms with Crippen LogP contribution in [0.25, 0.3) is 0 Å². The summed E-state index contributed by atoms with van der Waals surface area (Å²) < 4.78 is 0. The molecule has 2 rings (SSSR count). The molecule has 0 unspecified atom stereocenters. The molecular weight excluding hydrogens is 138 g/mol. The van der Waals surface area contributed by atoms with Gasteiger partial charge >= 0.3 is 0 Å². The van der Waals surface area contributed by atoms with Crippen molar-refractivity contribution >= 4 is 5.82 Å². The monoisotopic (exact) mass is 151 g/mol. The topological polar surface area (TPSA) is 54.7 Å². The molecule has 0 aromatic carbocycles. The van der Waals surface area contributed by atoms with E-state index in [1.165, 1.54) is 24.1 Å². The van der Waals surface area contributed by atoms with Crippen molar-refractivity contribution in [1.82, 2.24) is 10.2 Å². The van der Waals surface area contributed by atoms with E-state index in [1.54, 1.807) is 0 Å². The number of anilines is 1. The first kappa shape index (κ1) is 6.70. The van der Waals surface area contributed by atoms with Gasteiger partial charge in [-0.2, -0.15) is 5.10 Å². The van der Waals surface area contributed by atoms with Gasteiger partial charge in [0.15, 0.2) is 0 Å². The molecule has 3 heteroatoms. The number of aromatic nitrogens is 2. The molecule has 0 aliphatic heterocycles. The van der Waals surface area contributed by atoms with Gasteiger partial charge in [-0.1, -0.05) is 6.92 Å². The van der Waals surface area contributed by atoms with E-state index >= 15 is 0 Å². The minimum Gasteiger partial charge on any atom is -0.382 e. The molecule has 60 valence electrons. The summed E-state index contributed by atoms with van der Waals surface area (Å²) in [5.74, 6) is 1.42. The highest BCUT2D eigenvalue weighted by molar-refractivity contribution is 5.44. The molecule has 0 saturated heterocycles. The summed E-state index contributed by atoms with van der Waals surface area (Å²) in [6, 6.07) is 0. The molecule has 1 aliphatic rings. The lowest BCUT2D eigenvalue weighted by atomic mass is 10.1. The minimum absolute atomic E-state index is 0.689. The van der Waals surface area contributed by atoms with Gasteiger partial charge in [-0.25, -0.2) is 0 Å². The van der Waals surface area contributed by atoms with Gasteiger partial charge in [0.1, 0.15) is 5.82 Å². The molecule has 1 aliphatic carbocycles. The summed E-state index contributed by atoms with van der Waals surface area (Å²) in [5.41, 5.74) is 8.19. The van der Waals surface area contributed by atoms with Gasteiger partial charge in [0, 0.05) is 17.2 Å². The Morgan fingerprint density at radius 2 is 2.36 bits per heavy atom. The molecule has 0 atom stereocenters. The molecule has 0 radical (unpaired) electrons. The van der Waals surface area contributed by atoms with E-state index in [0.717, 1.165) is 12.3 Å². The first-order chi connectivity index (χ1) is 5.33. The van der Waals surface area contributed by atoms with E-state index in [0.29, 0.717) is 5.82 Å². The Balaban J connectivity index is 2.36. The summed E-state index contributed by atoms with van der Waals surface area (Å²) in [6.07, 6.45) is 3.59. The third-order valence-electron chi connectivity index (χ3n) is 2.27. The largest absolute Gasteiger partial charge is 0.382 e. The van der Waals surface area contributed by atoms with Crippen molar-refractivity contribution in [2.24, 2.45) is 0 Å². The van der Waals surface area contributed by atoms with Crippen LogP contribution in [0.15, 0.2) is 0 Å². The van der Waals surface area contributed by atoms with Crippen LogP contribution in [-0.4, -0.2) is 10.2 Å². The third-order valence-corrected chi connectivity index (χ3v) is 2.27. The van der Waals surface area contributed by atoms with Crippen LogP contribution in [0.4, 0.5) is 5.82 Å². The number of rotatable bonds is 2. The Labute approximate surface area is 66.0 Å². The average molecular weight is 151 g/mol. The van der Waals surface area contributed by atoms with Crippen molar-refractivity contribution in [2.45, 2.75) is 32.1 Å². The molecule has 0 spiro atoms. The molecule has 1 heterocycles. The normalized spacial score (nSPS) is 17.2. The third kappa shape index (κ3) is 1.00. The fourth-order valence-electron chi connectivity index (χ4n) is 1.47. The number of nitrogens with one attached hydrogen (secondary N) is 1. The van der Waals surface area contributed by atoms with Gasteiger partial charge in [0.2, 0.25) is 0 Å². The van der Waals surface area contributed by atoms with Crippen molar-refractivity contribution in [1.29, 1.82) is 0 Å². The first-order valence-electron chi connectivity index (χ1n) is 4.15. The number of hydrogen-bond acceptors (Lipinski definition) is 2. The molecule has 11 heavy (non-hydrogen) atoms. The first-order valence-corrected chi connectivity index (χ1v) is 4.15. The van der Waals surface area contributed by atoms with Gasteiger partial charge in [0.05, 0.1) is 0 Å². The van der Waals surface area contributed by atoms with Crippen LogP contribution in [-0.2, 0) is 6.42 Å². The highest BCUT2D eigenvalue weighted by Crippen LogP contribution is 2.41. The van der Waals surface area contributed by atoms with Crippen molar-refractivity contribution in [2.75, 3.05) is 5.73 Å². The summed E-state index contributed by atoms with van der Waals surface area (Å²) >= 11 is 0. The number of hydrogen-bond donors (Lipinski definition) is 2. The zero-order valence-electron chi connectivity index (χ0n) is 6.72. The summed E-state index contributed by atoms with van der Waals surface area (Å²) in [7, 11) is 0. The molecular formula is C8H13N3. The zero-order chi connectivity index (χ0) is 7.84. The van der Waals surface area contributed by atoms with Crippen LogP contribution in [0.1, 0.15) is 36.9 Å². The van der Waals surface area contributed by atoms with E-state index in [2.05, 4.69) is 17.1 Å². The maximum absolute atomic E-state index is 5.68. The summed E-state index contributed by atoms with van der Waals surface area (Å²) in [5, 5.41) is 7.01. The molecule has 1 aromatic rings. The van der Waals surface area contributed by atoms with Crippen molar-refractivity contribution in [3.8, 4) is 0 Å². The fraction of sp³-hybridized carbons (Fsp3) is 0.625. The van der Waals surface area contributed by atoms with Crippen molar-refractivity contribution in [3.63, 3.8) is 0 Å². The lowest BCUT2D eigenvalue weighted by Crippen LogP contribution is -1.91. The molecule has 0 amide bonds. The predicted molar refractivity (Wildman–Crippen MR) is 44.4 cm³/mol.